The first-order valence-corrected chi connectivity index (χ1v) is 10.0. The summed E-state index contributed by atoms with van der Waals surface area (Å²) >= 11 is 0. The van der Waals surface area contributed by atoms with E-state index in [4.69, 9.17) is 28.4 Å². The average molecular weight is 417 g/mol. The lowest BCUT2D eigenvalue weighted by Crippen LogP contribution is -2.40. The lowest BCUT2D eigenvalue weighted by molar-refractivity contribution is 0.117. The fourth-order valence-electron chi connectivity index (χ4n) is 4.74. The Kier molecular flexibility index (Phi) is 6.54. The Morgan fingerprint density at radius 3 is 0.967 bits per heavy atom. The summed E-state index contributed by atoms with van der Waals surface area (Å²) in [6.07, 6.45) is 0. The Labute approximate surface area is 179 Å². The first kappa shape index (κ1) is 21.9. The Morgan fingerprint density at radius 2 is 0.700 bits per heavy atom. The normalized spacial score (nSPS) is 22.7. The monoisotopic (exact) mass is 416 g/mol. The van der Waals surface area contributed by atoms with Gasteiger partial charge >= 0.3 is 0 Å². The smallest absolute Gasteiger partial charge is 0.164 e. The number of benzene rings is 2. The second-order valence-electron chi connectivity index (χ2n) is 7.67. The van der Waals surface area contributed by atoms with Gasteiger partial charge < -0.3 is 28.4 Å². The summed E-state index contributed by atoms with van der Waals surface area (Å²) in [6, 6.07) is 7.86. The van der Waals surface area contributed by atoms with Crippen LogP contribution in [-0.2, 0) is 0 Å². The maximum atomic E-state index is 5.74. The molecule has 164 valence electrons. The summed E-state index contributed by atoms with van der Waals surface area (Å²) in [5, 5.41) is 0. The van der Waals surface area contributed by atoms with Crippen LogP contribution < -0.4 is 28.4 Å². The first-order valence-electron chi connectivity index (χ1n) is 10.0. The minimum absolute atomic E-state index is 0.224. The molecular formula is C24H32O6. The molecule has 0 spiro atoms. The molecule has 0 N–H and O–H groups in total. The van der Waals surface area contributed by atoms with Crippen molar-refractivity contribution in [1.29, 1.82) is 0 Å². The van der Waals surface area contributed by atoms with Gasteiger partial charge in [-0.15, -0.1) is 0 Å². The van der Waals surface area contributed by atoms with Crippen molar-refractivity contribution in [2.45, 2.75) is 25.7 Å². The van der Waals surface area contributed by atoms with Crippen LogP contribution in [-0.4, -0.2) is 42.7 Å². The van der Waals surface area contributed by atoms with Gasteiger partial charge in [0.15, 0.2) is 23.0 Å². The van der Waals surface area contributed by atoms with Crippen LogP contribution in [0.3, 0.4) is 0 Å². The van der Waals surface area contributed by atoms with E-state index in [9.17, 15) is 0 Å². The Balaban J connectivity index is 2.14. The fraction of sp³-hybridized carbons (Fsp3) is 0.500. The molecule has 6 nitrogen and oxygen atoms in total. The predicted molar refractivity (Wildman–Crippen MR) is 116 cm³/mol. The molecule has 1 aliphatic rings. The van der Waals surface area contributed by atoms with Crippen LogP contribution in [0.1, 0.15) is 36.8 Å². The zero-order valence-electron chi connectivity index (χ0n) is 19.1. The van der Waals surface area contributed by atoms with Crippen molar-refractivity contribution >= 4 is 0 Å². The number of methoxy groups -OCH3 is 6. The van der Waals surface area contributed by atoms with Gasteiger partial charge in [0, 0.05) is 23.3 Å². The van der Waals surface area contributed by atoms with Crippen LogP contribution in [0.25, 0.3) is 0 Å². The first-order chi connectivity index (χ1) is 14.4. The number of ether oxygens (including phenoxy) is 6. The van der Waals surface area contributed by atoms with Gasteiger partial charge in [0.25, 0.3) is 0 Å². The molecule has 0 unspecified atom stereocenters. The molecule has 0 heterocycles. The second-order valence-corrected chi connectivity index (χ2v) is 7.67. The molecule has 0 amide bonds. The maximum Gasteiger partial charge on any atom is 0.164 e. The maximum absolute atomic E-state index is 5.74. The quantitative estimate of drug-likeness (QED) is 0.611. The highest BCUT2D eigenvalue weighted by Crippen LogP contribution is 2.61. The largest absolute Gasteiger partial charge is 0.496 e. The number of hydrogen-bond donors (Lipinski definition) is 0. The molecule has 2 aromatic carbocycles. The highest BCUT2D eigenvalue weighted by Gasteiger charge is 2.49. The van der Waals surface area contributed by atoms with E-state index in [1.54, 1.807) is 42.7 Å². The lowest BCUT2D eigenvalue weighted by Gasteiger charge is -2.50. The van der Waals surface area contributed by atoms with Crippen molar-refractivity contribution in [2.75, 3.05) is 42.7 Å². The van der Waals surface area contributed by atoms with E-state index in [0.717, 1.165) is 22.6 Å². The molecule has 30 heavy (non-hydrogen) atoms. The van der Waals surface area contributed by atoms with Crippen molar-refractivity contribution in [1.82, 2.24) is 0 Å². The summed E-state index contributed by atoms with van der Waals surface area (Å²) in [5.74, 6) is 5.61. The van der Waals surface area contributed by atoms with Crippen LogP contribution in [0.15, 0.2) is 24.3 Å². The van der Waals surface area contributed by atoms with Crippen LogP contribution in [0.2, 0.25) is 0 Å². The molecule has 2 aromatic rings. The van der Waals surface area contributed by atoms with Gasteiger partial charge in [-0.3, -0.25) is 0 Å². The third-order valence-corrected chi connectivity index (χ3v) is 6.54. The van der Waals surface area contributed by atoms with Crippen LogP contribution in [0.4, 0.5) is 0 Å². The number of rotatable bonds is 8. The Hall–Kier alpha value is -2.76. The highest BCUT2D eigenvalue weighted by atomic mass is 16.5. The van der Waals surface area contributed by atoms with E-state index in [1.807, 2.05) is 24.3 Å². The molecule has 0 bridgehead atoms. The van der Waals surface area contributed by atoms with Crippen molar-refractivity contribution in [3.63, 3.8) is 0 Å². The molecular weight excluding hydrogens is 384 g/mol. The van der Waals surface area contributed by atoms with E-state index in [-0.39, 0.29) is 11.8 Å². The summed E-state index contributed by atoms with van der Waals surface area (Å²) < 4.78 is 33.5. The van der Waals surface area contributed by atoms with Crippen molar-refractivity contribution in [3.8, 4) is 34.5 Å². The highest BCUT2D eigenvalue weighted by molar-refractivity contribution is 5.57. The zero-order valence-corrected chi connectivity index (χ0v) is 19.1. The molecule has 0 saturated heterocycles. The number of hydrogen-bond acceptors (Lipinski definition) is 6. The standard InChI is InChI=1S/C24H32O6/c1-13-14(2)24(16-10-20(28-6)22(30-8)12-18(16)26-4)23(13)15-9-19(27-5)21(29-7)11-17(15)25-3/h9-14,23-24H,1-8H3/t13-,14+,23-,24-/m1/s1. The van der Waals surface area contributed by atoms with Gasteiger partial charge in [0.05, 0.1) is 42.7 Å². The van der Waals surface area contributed by atoms with Crippen molar-refractivity contribution in [2.24, 2.45) is 11.8 Å². The Morgan fingerprint density at radius 1 is 0.433 bits per heavy atom. The Bertz CT molecular complexity index is 820. The molecule has 6 heteroatoms. The van der Waals surface area contributed by atoms with E-state index in [2.05, 4.69) is 13.8 Å². The van der Waals surface area contributed by atoms with Crippen LogP contribution in [0.5, 0.6) is 34.5 Å². The molecule has 4 atom stereocenters. The predicted octanol–water partition coefficient (Wildman–Crippen LogP) is 4.89. The minimum atomic E-state index is 0.224. The summed E-state index contributed by atoms with van der Waals surface area (Å²) in [6.45, 7) is 4.55. The zero-order chi connectivity index (χ0) is 22.0. The van der Waals surface area contributed by atoms with Gasteiger partial charge in [-0.05, 0) is 35.8 Å². The molecule has 1 fully saturated rings. The van der Waals surface area contributed by atoms with E-state index < -0.39 is 0 Å². The SMILES string of the molecule is COc1cc(OC)c([C@H]2[C@H](C)[C@H](C)[C@@H]2c2cc(OC)c(OC)cc2OC)cc1OC. The van der Waals surface area contributed by atoms with Crippen molar-refractivity contribution < 1.29 is 28.4 Å². The molecule has 1 aliphatic carbocycles. The third kappa shape index (κ3) is 3.48. The van der Waals surface area contributed by atoms with Gasteiger partial charge in [-0.2, -0.15) is 0 Å². The van der Waals surface area contributed by atoms with E-state index in [0.29, 0.717) is 34.8 Å². The van der Waals surface area contributed by atoms with Crippen LogP contribution in [0, 0.1) is 11.8 Å². The van der Waals surface area contributed by atoms with E-state index >= 15 is 0 Å². The van der Waals surface area contributed by atoms with Gasteiger partial charge in [-0.25, -0.2) is 0 Å². The van der Waals surface area contributed by atoms with Gasteiger partial charge in [0.1, 0.15) is 11.5 Å². The van der Waals surface area contributed by atoms with E-state index in [1.165, 1.54) is 0 Å². The van der Waals surface area contributed by atoms with Gasteiger partial charge in [-0.1, -0.05) is 13.8 Å². The average Bonchev–Trinajstić information content (AvgIpc) is 2.79. The van der Waals surface area contributed by atoms with Crippen LogP contribution >= 0.6 is 0 Å². The topological polar surface area (TPSA) is 55.4 Å². The van der Waals surface area contributed by atoms with Crippen molar-refractivity contribution in [3.05, 3.63) is 35.4 Å². The molecule has 0 aromatic heterocycles. The second kappa shape index (κ2) is 8.94. The summed E-state index contributed by atoms with van der Waals surface area (Å²) in [7, 11) is 9.92. The summed E-state index contributed by atoms with van der Waals surface area (Å²) in [5.41, 5.74) is 2.20. The van der Waals surface area contributed by atoms with Gasteiger partial charge in [0.2, 0.25) is 0 Å². The lowest BCUT2D eigenvalue weighted by atomic mass is 9.53. The molecule has 3 rings (SSSR count). The molecule has 1 saturated carbocycles. The minimum Gasteiger partial charge on any atom is -0.496 e. The molecule has 0 radical (unpaired) electrons. The molecule has 0 aliphatic heterocycles. The third-order valence-electron chi connectivity index (χ3n) is 6.54. The fourth-order valence-corrected chi connectivity index (χ4v) is 4.74. The summed E-state index contributed by atoms with van der Waals surface area (Å²) in [4.78, 5) is 0.